The molecule has 8 heteroatoms. The van der Waals surface area contributed by atoms with Crippen molar-refractivity contribution in [1.29, 1.82) is 0 Å². The van der Waals surface area contributed by atoms with Crippen molar-refractivity contribution in [2.75, 3.05) is 0 Å². The summed E-state index contributed by atoms with van der Waals surface area (Å²) in [5.41, 5.74) is -0.727. The SMILES string of the molecule is C=C(C(=O)O)C1OC(=O)/C=C/C(=O)OOC1=O. The highest BCUT2D eigenvalue weighted by Crippen LogP contribution is 2.10. The zero-order valence-electron chi connectivity index (χ0n) is 8.24. The summed E-state index contributed by atoms with van der Waals surface area (Å²) in [6.07, 6.45) is -0.566. The first-order valence-electron chi connectivity index (χ1n) is 4.15. The minimum absolute atomic E-state index is 0.654. The van der Waals surface area contributed by atoms with Crippen LogP contribution in [0.4, 0.5) is 0 Å². The lowest BCUT2D eigenvalue weighted by atomic mass is 10.2. The minimum Gasteiger partial charge on any atom is -0.478 e. The molecule has 1 atom stereocenters. The van der Waals surface area contributed by atoms with Crippen LogP contribution in [0.2, 0.25) is 0 Å². The van der Waals surface area contributed by atoms with Gasteiger partial charge in [0.1, 0.15) is 0 Å². The van der Waals surface area contributed by atoms with Crippen LogP contribution in [-0.4, -0.2) is 35.1 Å². The fourth-order valence-corrected chi connectivity index (χ4v) is 0.819. The molecule has 0 saturated heterocycles. The van der Waals surface area contributed by atoms with Crippen LogP contribution in [0.15, 0.2) is 24.3 Å². The molecule has 0 amide bonds. The molecule has 0 radical (unpaired) electrons. The van der Waals surface area contributed by atoms with E-state index in [0.717, 1.165) is 0 Å². The van der Waals surface area contributed by atoms with E-state index in [0.29, 0.717) is 12.2 Å². The molecule has 1 N–H and O–H groups in total. The van der Waals surface area contributed by atoms with E-state index in [1.165, 1.54) is 0 Å². The number of carboxylic acid groups (broad SMARTS) is 1. The fraction of sp³-hybridized carbons (Fsp3) is 0.111. The molecule has 0 aromatic heterocycles. The van der Waals surface area contributed by atoms with E-state index < -0.39 is 35.6 Å². The second-order valence-electron chi connectivity index (χ2n) is 2.79. The average Bonchev–Trinajstić information content (AvgIpc) is 2.33. The van der Waals surface area contributed by atoms with E-state index in [2.05, 4.69) is 21.1 Å². The van der Waals surface area contributed by atoms with Gasteiger partial charge in [0.15, 0.2) is 0 Å². The number of carboxylic acids is 1. The quantitative estimate of drug-likeness (QED) is 0.376. The Hall–Kier alpha value is -2.64. The van der Waals surface area contributed by atoms with Gasteiger partial charge >= 0.3 is 23.9 Å². The molecule has 0 aliphatic carbocycles. The molecule has 0 saturated carbocycles. The summed E-state index contributed by atoms with van der Waals surface area (Å²) in [6, 6.07) is 0. The highest BCUT2D eigenvalue weighted by atomic mass is 17.2. The molecule has 1 aliphatic rings. The highest BCUT2D eigenvalue weighted by Gasteiger charge is 2.33. The van der Waals surface area contributed by atoms with Crippen LogP contribution >= 0.6 is 0 Å². The van der Waals surface area contributed by atoms with E-state index in [1.807, 2.05) is 0 Å². The van der Waals surface area contributed by atoms with Gasteiger partial charge < -0.3 is 9.84 Å². The summed E-state index contributed by atoms with van der Waals surface area (Å²) in [5.74, 6) is -5.15. The number of carbonyl (C=O) groups excluding carboxylic acids is 3. The molecule has 0 aromatic carbocycles. The third kappa shape index (κ3) is 3.16. The van der Waals surface area contributed by atoms with Crippen LogP contribution in [0.1, 0.15) is 0 Å². The van der Waals surface area contributed by atoms with Gasteiger partial charge in [-0.25, -0.2) is 29.0 Å². The van der Waals surface area contributed by atoms with Crippen molar-refractivity contribution >= 4 is 23.9 Å². The molecule has 1 heterocycles. The molecule has 0 spiro atoms. The second kappa shape index (κ2) is 4.92. The molecular weight excluding hydrogens is 236 g/mol. The second-order valence-corrected chi connectivity index (χ2v) is 2.79. The number of hydrogen-bond donors (Lipinski definition) is 1. The van der Waals surface area contributed by atoms with Crippen LogP contribution in [0.5, 0.6) is 0 Å². The lowest BCUT2D eigenvalue weighted by Crippen LogP contribution is -2.32. The molecule has 1 aliphatic heterocycles. The standard InChI is InChI=1S/C9H6O8/c1-4(8(12)13)7-9(14)17-16-6(11)3-2-5(10)15-7/h2-3,7H,1H2,(H,12,13)/b3-2+. The maximum absolute atomic E-state index is 11.2. The number of esters is 1. The number of ether oxygens (including phenoxy) is 1. The van der Waals surface area contributed by atoms with Crippen LogP contribution in [0.25, 0.3) is 0 Å². The topological polar surface area (TPSA) is 116 Å². The summed E-state index contributed by atoms with van der Waals surface area (Å²) in [5, 5.41) is 8.60. The first kappa shape index (κ1) is 12.4. The van der Waals surface area contributed by atoms with Crippen molar-refractivity contribution in [2.45, 2.75) is 6.10 Å². The normalized spacial score (nSPS) is 22.1. The average molecular weight is 242 g/mol. The fourth-order valence-electron chi connectivity index (χ4n) is 0.819. The van der Waals surface area contributed by atoms with Crippen molar-refractivity contribution in [3.8, 4) is 0 Å². The van der Waals surface area contributed by atoms with Crippen LogP contribution in [0, 0.1) is 0 Å². The van der Waals surface area contributed by atoms with Gasteiger partial charge in [-0.05, 0) is 0 Å². The molecule has 0 bridgehead atoms. The molecule has 0 fully saturated rings. The van der Waals surface area contributed by atoms with Crippen molar-refractivity contribution < 1.29 is 38.8 Å². The van der Waals surface area contributed by atoms with E-state index in [-0.39, 0.29) is 0 Å². The van der Waals surface area contributed by atoms with Gasteiger partial charge in [0, 0.05) is 12.2 Å². The Balaban J connectivity index is 2.96. The summed E-state index contributed by atoms with van der Waals surface area (Å²) in [7, 11) is 0. The Kier molecular flexibility index (Phi) is 3.60. The maximum Gasteiger partial charge on any atom is 0.400 e. The maximum atomic E-state index is 11.2. The zero-order chi connectivity index (χ0) is 13.0. The molecule has 0 aromatic rings. The van der Waals surface area contributed by atoms with E-state index in [9.17, 15) is 19.2 Å². The van der Waals surface area contributed by atoms with Crippen molar-refractivity contribution in [3.63, 3.8) is 0 Å². The minimum atomic E-state index is -1.88. The molecule has 8 nitrogen and oxygen atoms in total. The van der Waals surface area contributed by atoms with E-state index in [4.69, 9.17) is 5.11 Å². The van der Waals surface area contributed by atoms with Gasteiger partial charge in [0.2, 0.25) is 6.10 Å². The predicted octanol–water partition coefficient (Wildman–Crippen LogP) is -0.890. The van der Waals surface area contributed by atoms with Gasteiger partial charge in [-0.2, -0.15) is 0 Å². The third-order valence-corrected chi connectivity index (χ3v) is 1.60. The van der Waals surface area contributed by atoms with Crippen LogP contribution in [-0.2, 0) is 33.7 Å². The number of hydrogen-bond acceptors (Lipinski definition) is 7. The van der Waals surface area contributed by atoms with Gasteiger partial charge in [-0.15, -0.1) is 0 Å². The Bertz CT molecular complexity index is 432. The first-order valence-corrected chi connectivity index (χ1v) is 4.15. The van der Waals surface area contributed by atoms with Gasteiger partial charge in [0.05, 0.1) is 5.57 Å². The van der Waals surface area contributed by atoms with Crippen LogP contribution in [0.3, 0.4) is 0 Å². The van der Waals surface area contributed by atoms with Crippen molar-refractivity contribution in [2.24, 2.45) is 0 Å². The summed E-state index contributed by atoms with van der Waals surface area (Å²) < 4.78 is 4.44. The monoisotopic (exact) mass is 242 g/mol. The Morgan fingerprint density at radius 3 is 2.35 bits per heavy atom. The number of carbonyl (C=O) groups is 4. The lowest BCUT2D eigenvalue weighted by molar-refractivity contribution is -0.259. The Morgan fingerprint density at radius 2 is 1.76 bits per heavy atom. The van der Waals surface area contributed by atoms with E-state index in [1.54, 1.807) is 0 Å². The highest BCUT2D eigenvalue weighted by molar-refractivity contribution is 5.99. The predicted molar refractivity (Wildman–Crippen MR) is 48.0 cm³/mol. The lowest BCUT2D eigenvalue weighted by Gasteiger charge is -2.12. The zero-order valence-corrected chi connectivity index (χ0v) is 8.24. The molecule has 17 heavy (non-hydrogen) atoms. The number of rotatable bonds is 2. The number of aliphatic carboxylic acids is 1. The third-order valence-electron chi connectivity index (χ3n) is 1.60. The van der Waals surface area contributed by atoms with Crippen LogP contribution < -0.4 is 0 Å². The van der Waals surface area contributed by atoms with Gasteiger partial charge in [-0.1, -0.05) is 6.58 Å². The largest absolute Gasteiger partial charge is 0.478 e. The summed E-state index contributed by atoms with van der Waals surface area (Å²) in [6.45, 7) is 3.04. The van der Waals surface area contributed by atoms with Gasteiger partial charge in [0.25, 0.3) is 0 Å². The first-order chi connectivity index (χ1) is 7.91. The molecular formula is C9H6O8. The molecule has 90 valence electrons. The summed E-state index contributed by atoms with van der Waals surface area (Å²) >= 11 is 0. The smallest absolute Gasteiger partial charge is 0.400 e. The van der Waals surface area contributed by atoms with Crippen molar-refractivity contribution in [3.05, 3.63) is 24.3 Å². The molecule has 1 unspecified atom stereocenters. The molecule has 1 rings (SSSR count). The van der Waals surface area contributed by atoms with Gasteiger partial charge in [-0.3, -0.25) is 0 Å². The Morgan fingerprint density at radius 1 is 1.18 bits per heavy atom. The summed E-state index contributed by atoms with van der Waals surface area (Å²) in [4.78, 5) is 51.5. The van der Waals surface area contributed by atoms with Crippen molar-refractivity contribution in [1.82, 2.24) is 0 Å². The Labute approximate surface area is 94.0 Å². The van der Waals surface area contributed by atoms with E-state index >= 15 is 0 Å². The number of cyclic esters (lactones) is 1.